The van der Waals surface area contributed by atoms with Crippen LogP contribution in [-0.4, -0.2) is 41.9 Å². The molecule has 0 radical (unpaired) electrons. The van der Waals surface area contributed by atoms with Crippen LogP contribution in [0, 0.1) is 0 Å². The fourth-order valence-electron chi connectivity index (χ4n) is 4.88. The van der Waals surface area contributed by atoms with E-state index in [1.165, 1.54) is 11.3 Å². The molecule has 8 heteroatoms. The predicted molar refractivity (Wildman–Crippen MR) is 136 cm³/mol. The van der Waals surface area contributed by atoms with Crippen LogP contribution in [0.5, 0.6) is 0 Å². The average Bonchev–Trinajstić information content (AvgIpc) is 3.58. The molecule has 2 aromatic carbocycles. The first kappa shape index (κ1) is 23.7. The number of carbonyl (C=O) groups is 3. The predicted octanol–water partition coefficient (Wildman–Crippen LogP) is 4.42. The number of halogens is 1. The van der Waals surface area contributed by atoms with Crippen molar-refractivity contribution in [1.82, 2.24) is 10.6 Å². The summed E-state index contributed by atoms with van der Waals surface area (Å²) >= 11 is 7.35. The fraction of sp³-hybridized carbons (Fsp3) is 0.296. The highest BCUT2D eigenvalue weighted by Gasteiger charge is 2.55. The van der Waals surface area contributed by atoms with Gasteiger partial charge in [-0.25, -0.2) is 0 Å². The Morgan fingerprint density at radius 1 is 1.11 bits per heavy atom. The molecule has 35 heavy (non-hydrogen) atoms. The average molecular weight is 509 g/mol. The zero-order valence-corrected chi connectivity index (χ0v) is 20.5. The van der Waals surface area contributed by atoms with Crippen LogP contribution in [0.4, 0.5) is 0 Å². The van der Waals surface area contributed by atoms with E-state index >= 15 is 0 Å². The summed E-state index contributed by atoms with van der Waals surface area (Å²) < 4.78 is 5.64. The third kappa shape index (κ3) is 4.89. The number of hydrogen-bond acceptors (Lipinski definition) is 5. The van der Waals surface area contributed by atoms with E-state index in [9.17, 15) is 14.4 Å². The van der Waals surface area contributed by atoms with Gasteiger partial charge in [0.05, 0.1) is 11.0 Å². The van der Waals surface area contributed by atoms with E-state index < -0.39 is 11.6 Å². The number of thiophene rings is 1. The van der Waals surface area contributed by atoms with Crippen molar-refractivity contribution in [3.8, 4) is 11.1 Å². The lowest BCUT2D eigenvalue weighted by molar-refractivity contribution is -0.131. The maximum Gasteiger partial charge on any atom is 0.262 e. The van der Waals surface area contributed by atoms with E-state index in [0.717, 1.165) is 29.5 Å². The maximum atomic E-state index is 13.5. The molecule has 3 aromatic rings. The molecule has 1 saturated heterocycles. The number of rotatable bonds is 7. The Balaban J connectivity index is 1.36. The lowest BCUT2D eigenvalue weighted by Crippen LogP contribution is -2.60. The smallest absolute Gasteiger partial charge is 0.262 e. The number of fused-ring (bicyclic) bond motifs is 1. The van der Waals surface area contributed by atoms with Crippen LogP contribution in [0.2, 0.25) is 5.02 Å². The highest BCUT2D eigenvalue weighted by Crippen LogP contribution is 2.38. The first-order valence-corrected chi connectivity index (χ1v) is 12.9. The van der Waals surface area contributed by atoms with Crippen LogP contribution < -0.4 is 10.6 Å². The Hall–Kier alpha value is -3.00. The lowest BCUT2D eigenvalue weighted by atomic mass is 9.91. The molecule has 180 valence electrons. The summed E-state index contributed by atoms with van der Waals surface area (Å²) in [6.07, 6.45) is 2.05. The Bertz CT molecular complexity index is 1240. The second-order valence-electron chi connectivity index (χ2n) is 9.00. The van der Waals surface area contributed by atoms with Gasteiger partial charge in [-0.05, 0) is 59.5 Å². The number of ether oxygens (including phenoxy) is 1. The second-order valence-corrected chi connectivity index (χ2v) is 10.3. The van der Waals surface area contributed by atoms with Crippen molar-refractivity contribution in [2.45, 2.75) is 43.4 Å². The van der Waals surface area contributed by atoms with Crippen molar-refractivity contribution >= 4 is 40.5 Å². The summed E-state index contributed by atoms with van der Waals surface area (Å²) in [5.74, 6) is -0.824. The van der Waals surface area contributed by atoms with E-state index in [-0.39, 0.29) is 36.7 Å². The van der Waals surface area contributed by atoms with Gasteiger partial charge in [0, 0.05) is 11.4 Å². The van der Waals surface area contributed by atoms with Gasteiger partial charge in [0.2, 0.25) is 5.91 Å². The van der Waals surface area contributed by atoms with Crippen molar-refractivity contribution in [2.75, 3.05) is 6.61 Å². The molecule has 6 nitrogen and oxygen atoms in total. The summed E-state index contributed by atoms with van der Waals surface area (Å²) in [4.78, 5) is 39.9. The minimum absolute atomic E-state index is 0.0105. The van der Waals surface area contributed by atoms with E-state index in [1.54, 1.807) is 12.1 Å². The molecule has 1 aromatic heterocycles. The molecule has 1 aliphatic carbocycles. The van der Waals surface area contributed by atoms with Gasteiger partial charge in [-0.2, -0.15) is 0 Å². The van der Waals surface area contributed by atoms with E-state index in [2.05, 4.69) is 10.6 Å². The van der Waals surface area contributed by atoms with Gasteiger partial charge in [0.15, 0.2) is 5.78 Å². The number of Topliss-reactive ketones (excluding diaryl/α,β-unsaturated/α-hetero) is 1. The maximum absolute atomic E-state index is 13.5. The molecule has 3 unspecified atom stereocenters. The van der Waals surface area contributed by atoms with E-state index in [4.69, 9.17) is 16.3 Å². The summed E-state index contributed by atoms with van der Waals surface area (Å²) in [5, 5.41) is 8.39. The van der Waals surface area contributed by atoms with Gasteiger partial charge in [0.25, 0.3) is 5.91 Å². The molecule has 0 bridgehead atoms. The molecule has 2 heterocycles. The highest BCUT2D eigenvalue weighted by molar-refractivity contribution is 7.12. The van der Waals surface area contributed by atoms with E-state index in [0.29, 0.717) is 16.3 Å². The van der Waals surface area contributed by atoms with E-state index in [1.807, 2.05) is 53.9 Å². The summed E-state index contributed by atoms with van der Waals surface area (Å²) in [6, 6.07) is 17.9. The molecule has 0 spiro atoms. The third-order valence-electron chi connectivity index (χ3n) is 6.75. The van der Waals surface area contributed by atoms with Crippen molar-refractivity contribution in [1.29, 1.82) is 0 Å². The topological polar surface area (TPSA) is 84.5 Å². The zero-order chi connectivity index (χ0) is 24.4. The highest BCUT2D eigenvalue weighted by atomic mass is 35.5. The van der Waals surface area contributed by atoms with Crippen molar-refractivity contribution < 1.29 is 19.1 Å². The Morgan fingerprint density at radius 2 is 1.89 bits per heavy atom. The first-order valence-electron chi connectivity index (χ1n) is 11.6. The summed E-state index contributed by atoms with van der Waals surface area (Å²) in [6.45, 7) is 0.0105. The number of benzene rings is 2. The number of amides is 2. The molecular formula is C27H25ClN2O4S. The van der Waals surface area contributed by atoms with Crippen LogP contribution in [0.15, 0.2) is 66.0 Å². The Morgan fingerprint density at radius 3 is 2.66 bits per heavy atom. The van der Waals surface area contributed by atoms with Crippen LogP contribution in [-0.2, 0) is 20.7 Å². The molecule has 2 N–H and O–H groups in total. The molecule has 2 fully saturated rings. The molecule has 1 saturated carbocycles. The van der Waals surface area contributed by atoms with Crippen molar-refractivity contribution in [3.05, 3.63) is 81.5 Å². The van der Waals surface area contributed by atoms with Crippen LogP contribution in [0.25, 0.3) is 11.1 Å². The van der Waals surface area contributed by atoms with Gasteiger partial charge in [-0.3, -0.25) is 14.4 Å². The minimum Gasteiger partial charge on any atom is -0.367 e. The van der Waals surface area contributed by atoms with Crippen molar-refractivity contribution in [2.24, 2.45) is 0 Å². The van der Waals surface area contributed by atoms with Crippen molar-refractivity contribution in [3.63, 3.8) is 0 Å². The minimum atomic E-state index is -0.997. The number of nitrogens with one attached hydrogen (secondary N) is 2. The monoisotopic (exact) mass is 508 g/mol. The fourth-order valence-corrected chi connectivity index (χ4v) is 5.82. The zero-order valence-electron chi connectivity index (χ0n) is 19.0. The molecule has 3 atom stereocenters. The summed E-state index contributed by atoms with van der Waals surface area (Å²) in [7, 11) is 0. The lowest BCUT2D eigenvalue weighted by Gasteiger charge is -2.30. The number of hydrogen-bond donors (Lipinski definition) is 2. The second kappa shape index (κ2) is 9.93. The molecule has 1 aliphatic heterocycles. The third-order valence-corrected chi connectivity index (χ3v) is 7.93. The molecule has 2 amide bonds. The van der Waals surface area contributed by atoms with Gasteiger partial charge in [0.1, 0.15) is 18.2 Å². The quantitative estimate of drug-likeness (QED) is 0.495. The number of carbonyl (C=O) groups excluding carboxylic acids is 3. The standard InChI is InChI=1S/C27H25ClN2O4S/c28-20-10-8-17(9-11-20)13-21(25(32)30-27-12-4-7-24(27)34-15-23(27)31)29-26(33)22-14-19(16-35-22)18-5-2-1-3-6-18/h1-3,5-6,8-11,14,16,21,24H,4,7,12-13,15H2,(H,29,33)(H,30,32). The Kier molecular flexibility index (Phi) is 6.73. The van der Waals surface area contributed by atoms with Crippen LogP contribution in [0.3, 0.4) is 0 Å². The first-order chi connectivity index (χ1) is 16.9. The summed E-state index contributed by atoms with van der Waals surface area (Å²) in [5.41, 5.74) is 1.81. The normalized spacial score (nSPS) is 22.0. The molecular weight excluding hydrogens is 484 g/mol. The molecule has 5 rings (SSSR count). The largest absolute Gasteiger partial charge is 0.367 e. The molecule has 2 aliphatic rings. The van der Waals surface area contributed by atoms with Gasteiger partial charge in [-0.15, -0.1) is 11.3 Å². The number of ketones is 1. The SMILES string of the molecule is O=C(NC(Cc1ccc(Cl)cc1)C(=O)NC12CCCC1OCC2=O)c1cc(-c2ccccc2)cs1. The van der Waals surface area contributed by atoms with Crippen LogP contribution in [0.1, 0.15) is 34.5 Å². The van der Waals surface area contributed by atoms with Gasteiger partial charge >= 0.3 is 0 Å². The van der Waals surface area contributed by atoms with Gasteiger partial charge < -0.3 is 15.4 Å². The van der Waals surface area contributed by atoms with Gasteiger partial charge in [-0.1, -0.05) is 54.1 Å². The van der Waals surface area contributed by atoms with Crippen LogP contribution >= 0.6 is 22.9 Å². The Labute approximate surface area is 212 Å².